The number of thiazole rings is 1. The van der Waals surface area contributed by atoms with Gasteiger partial charge in [0, 0.05) is 26.4 Å². The molecule has 0 spiro atoms. The number of hydrogen-bond acceptors (Lipinski definition) is 6. The quantitative estimate of drug-likeness (QED) is 0.274. The van der Waals surface area contributed by atoms with Crippen LogP contribution in [0.5, 0.6) is 5.75 Å². The number of ether oxygens (including phenoxy) is 1. The molecule has 192 valence electrons. The van der Waals surface area contributed by atoms with E-state index < -0.39 is 17.1 Å². The fourth-order valence-corrected chi connectivity index (χ4v) is 7.75. The Hall–Kier alpha value is -3.04. The van der Waals surface area contributed by atoms with Crippen molar-refractivity contribution in [2.45, 2.75) is 29.7 Å². The Bertz CT molecular complexity index is 1620. The zero-order valence-electron chi connectivity index (χ0n) is 19.9. The van der Waals surface area contributed by atoms with Gasteiger partial charge in [-0.3, -0.25) is 14.4 Å². The number of H-pyrrole nitrogens is 1. The van der Waals surface area contributed by atoms with Crippen molar-refractivity contribution in [2.75, 3.05) is 4.90 Å². The van der Waals surface area contributed by atoms with Crippen LogP contribution in [0.2, 0.25) is 10.0 Å². The maximum atomic E-state index is 13.9. The van der Waals surface area contributed by atoms with Crippen LogP contribution in [0.15, 0.2) is 76.6 Å². The van der Waals surface area contributed by atoms with Crippen molar-refractivity contribution >= 4 is 63.8 Å². The molecule has 0 aliphatic carbocycles. The standard InChI is InChI=1S/C28H20Cl2N2O4S2/c1-14-2-4-15(5-3-14)13-36-20-11-8-17(30)12-19(20)21-22-24(37-25-23(21)38-28(35)31-25)27(34)32(26(22)33)18-9-6-16(29)7-10-18/h2-12,21-22,24H,13H2,1H3,(H,31,35). The molecule has 0 bridgehead atoms. The molecule has 1 saturated heterocycles. The SMILES string of the molecule is Cc1ccc(COc2ccc(Cl)cc2C2c3sc(=O)[nH]c3SC3C(=O)N(c4ccc(Cl)cc4)C(=O)C32)cc1. The van der Waals surface area contributed by atoms with Crippen LogP contribution in [-0.4, -0.2) is 22.0 Å². The summed E-state index contributed by atoms with van der Waals surface area (Å²) in [6, 6.07) is 19.9. The van der Waals surface area contributed by atoms with Gasteiger partial charge in [-0.2, -0.15) is 0 Å². The second-order valence-corrected chi connectivity index (χ2v) is 12.2. The summed E-state index contributed by atoms with van der Waals surface area (Å²) in [6.45, 7) is 2.33. The summed E-state index contributed by atoms with van der Waals surface area (Å²) in [5.74, 6) is -1.47. The van der Waals surface area contributed by atoms with E-state index in [-0.39, 0.29) is 16.7 Å². The molecule has 10 heteroatoms. The van der Waals surface area contributed by atoms with Gasteiger partial charge >= 0.3 is 4.87 Å². The van der Waals surface area contributed by atoms with Gasteiger partial charge in [-0.1, -0.05) is 76.1 Å². The van der Waals surface area contributed by atoms with Crippen molar-refractivity contribution in [3.63, 3.8) is 0 Å². The summed E-state index contributed by atoms with van der Waals surface area (Å²) in [7, 11) is 0. The number of aromatic amines is 1. The third-order valence-corrected chi connectivity index (χ3v) is 9.62. The lowest BCUT2D eigenvalue weighted by Crippen LogP contribution is -2.32. The number of rotatable bonds is 5. The number of imide groups is 1. The van der Waals surface area contributed by atoms with E-state index in [0.29, 0.717) is 43.6 Å². The number of nitrogens with one attached hydrogen (secondary N) is 1. The average Bonchev–Trinajstić information content (AvgIpc) is 3.39. The van der Waals surface area contributed by atoms with Gasteiger partial charge in [0.25, 0.3) is 0 Å². The smallest absolute Gasteiger partial charge is 0.305 e. The number of nitrogens with zero attached hydrogens (tertiary/aromatic N) is 1. The Morgan fingerprint density at radius 3 is 2.37 bits per heavy atom. The third kappa shape index (κ3) is 4.45. The highest BCUT2D eigenvalue weighted by Gasteiger charge is 2.56. The van der Waals surface area contributed by atoms with Crippen molar-refractivity contribution in [3.05, 3.63) is 108 Å². The molecule has 6 nitrogen and oxygen atoms in total. The van der Waals surface area contributed by atoms with E-state index in [1.165, 1.54) is 16.7 Å². The van der Waals surface area contributed by atoms with Gasteiger partial charge in [-0.05, 0) is 55.0 Å². The predicted molar refractivity (Wildman–Crippen MR) is 151 cm³/mol. The minimum Gasteiger partial charge on any atom is -0.489 e. The molecular formula is C28H20Cl2N2O4S2. The first-order chi connectivity index (χ1) is 18.3. The summed E-state index contributed by atoms with van der Waals surface area (Å²) in [6.07, 6.45) is 0. The molecule has 38 heavy (non-hydrogen) atoms. The fraction of sp³-hybridized carbons (Fsp3) is 0.179. The molecule has 1 N–H and O–H groups in total. The Morgan fingerprint density at radius 1 is 0.921 bits per heavy atom. The predicted octanol–water partition coefficient (Wildman–Crippen LogP) is 6.43. The number of carbonyl (C=O) groups excluding carboxylic acids is 2. The largest absolute Gasteiger partial charge is 0.489 e. The molecule has 3 aromatic carbocycles. The van der Waals surface area contributed by atoms with Gasteiger partial charge in [-0.15, -0.1) is 0 Å². The summed E-state index contributed by atoms with van der Waals surface area (Å²) >= 11 is 14.8. The number of benzene rings is 3. The first-order valence-corrected chi connectivity index (χ1v) is 14.3. The van der Waals surface area contributed by atoms with Crippen molar-refractivity contribution in [1.82, 2.24) is 4.98 Å². The highest BCUT2D eigenvalue weighted by Crippen LogP contribution is 2.54. The Kier molecular flexibility index (Phi) is 6.60. The summed E-state index contributed by atoms with van der Waals surface area (Å²) in [5.41, 5.74) is 3.25. The monoisotopic (exact) mass is 582 g/mol. The van der Waals surface area contributed by atoms with E-state index in [4.69, 9.17) is 27.9 Å². The number of aromatic nitrogens is 1. The van der Waals surface area contributed by atoms with Crippen LogP contribution in [0.4, 0.5) is 5.69 Å². The van der Waals surface area contributed by atoms with Crippen molar-refractivity contribution in [2.24, 2.45) is 5.92 Å². The lowest BCUT2D eigenvalue weighted by Gasteiger charge is -2.31. The molecule has 6 rings (SSSR count). The molecule has 1 fully saturated rings. The van der Waals surface area contributed by atoms with Crippen molar-refractivity contribution in [3.8, 4) is 5.75 Å². The number of hydrogen-bond donors (Lipinski definition) is 1. The highest BCUT2D eigenvalue weighted by molar-refractivity contribution is 8.00. The van der Waals surface area contributed by atoms with E-state index in [1.807, 2.05) is 31.2 Å². The number of fused-ring (bicyclic) bond motifs is 2. The van der Waals surface area contributed by atoms with Gasteiger partial charge in [0.2, 0.25) is 11.8 Å². The average molecular weight is 584 g/mol. The third-order valence-electron chi connectivity index (χ3n) is 6.73. The van der Waals surface area contributed by atoms with Gasteiger partial charge in [0.15, 0.2) is 0 Å². The lowest BCUT2D eigenvalue weighted by molar-refractivity contribution is -0.122. The summed E-state index contributed by atoms with van der Waals surface area (Å²) in [4.78, 5) is 44.5. The van der Waals surface area contributed by atoms with E-state index in [9.17, 15) is 14.4 Å². The number of carbonyl (C=O) groups is 2. The molecule has 3 atom stereocenters. The molecule has 1 aromatic heterocycles. The maximum absolute atomic E-state index is 13.9. The Balaban J connectivity index is 1.44. The molecule has 3 heterocycles. The molecule has 0 radical (unpaired) electrons. The van der Waals surface area contributed by atoms with Crippen molar-refractivity contribution < 1.29 is 14.3 Å². The van der Waals surface area contributed by atoms with Gasteiger partial charge in [-0.25, -0.2) is 4.90 Å². The second kappa shape index (κ2) is 9.93. The molecule has 2 amide bonds. The molecule has 0 saturated carbocycles. The fourth-order valence-electron chi connectivity index (χ4n) is 4.94. The minimum absolute atomic E-state index is 0.244. The number of anilines is 1. The van der Waals surface area contributed by atoms with Crippen molar-refractivity contribution in [1.29, 1.82) is 0 Å². The first-order valence-electron chi connectivity index (χ1n) is 11.8. The molecule has 3 unspecified atom stereocenters. The van der Waals surface area contributed by atoms with Crippen LogP contribution in [0.1, 0.15) is 27.5 Å². The zero-order valence-corrected chi connectivity index (χ0v) is 23.1. The van der Waals surface area contributed by atoms with Crippen LogP contribution in [0.25, 0.3) is 0 Å². The Labute approximate surface area is 236 Å². The van der Waals surface area contributed by atoms with Crippen LogP contribution in [0.3, 0.4) is 0 Å². The number of halogens is 2. The minimum atomic E-state index is -0.748. The molecule has 2 aliphatic rings. The number of thioether (sulfide) groups is 1. The maximum Gasteiger partial charge on any atom is 0.305 e. The van der Waals surface area contributed by atoms with Crippen LogP contribution >= 0.6 is 46.3 Å². The molecule has 2 aliphatic heterocycles. The zero-order chi connectivity index (χ0) is 26.6. The van der Waals surface area contributed by atoms with E-state index in [0.717, 1.165) is 22.5 Å². The van der Waals surface area contributed by atoms with E-state index >= 15 is 0 Å². The van der Waals surface area contributed by atoms with E-state index in [2.05, 4.69) is 4.98 Å². The van der Waals surface area contributed by atoms with Gasteiger partial charge in [0.1, 0.15) is 17.6 Å². The molecular weight excluding hydrogens is 563 g/mol. The second-order valence-electron chi connectivity index (χ2n) is 9.19. The first kappa shape index (κ1) is 25.2. The van der Waals surface area contributed by atoms with Crippen LogP contribution in [0, 0.1) is 12.8 Å². The molecule has 4 aromatic rings. The summed E-state index contributed by atoms with van der Waals surface area (Å²) in [5, 5.41) is 0.847. The summed E-state index contributed by atoms with van der Waals surface area (Å²) < 4.78 is 6.25. The Morgan fingerprint density at radius 2 is 1.63 bits per heavy atom. The topological polar surface area (TPSA) is 79.5 Å². The van der Waals surface area contributed by atoms with Crippen LogP contribution in [-0.2, 0) is 16.2 Å². The number of amides is 2. The van der Waals surface area contributed by atoms with Crippen LogP contribution < -0.4 is 14.5 Å². The number of aryl methyl sites for hydroxylation is 1. The highest BCUT2D eigenvalue weighted by atomic mass is 35.5. The van der Waals surface area contributed by atoms with E-state index in [1.54, 1.807) is 42.5 Å². The normalized spacial score (nSPS) is 20.4. The van der Waals surface area contributed by atoms with Gasteiger partial charge < -0.3 is 9.72 Å². The lowest BCUT2D eigenvalue weighted by atomic mass is 9.82. The van der Waals surface area contributed by atoms with Gasteiger partial charge in [0.05, 0.1) is 16.6 Å².